The standard InChI is InChI=1S/C16H26N2O/c1-4-13-9-10-18(11-13)16(12(2)17)14-7-5-6-8-15(14)19-3/h5-8,12-13,16H,4,9-11,17H2,1-3H3. The predicted octanol–water partition coefficient (Wildman–Crippen LogP) is 2.82. The summed E-state index contributed by atoms with van der Waals surface area (Å²) in [5.41, 5.74) is 7.48. The van der Waals surface area contributed by atoms with E-state index in [-0.39, 0.29) is 12.1 Å². The van der Waals surface area contributed by atoms with Crippen LogP contribution in [0.5, 0.6) is 5.75 Å². The number of hydrogen-bond acceptors (Lipinski definition) is 3. The van der Waals surface area contributed by atoms with Crippen LogP contribution in [0.4, 0.5) is 0 Å². The van der Waals surface area contributed by atoms with Gasteiger partial charge in [-0.1, -0.05) is 31.5 Å². The van der Waals surface area contributed by atoms with Crippen LogP contribution in [0, 0.1) is 5.92 Å². The largest absolute Gasteiger partial charge is 0.496 e. The van der Waals surface area contributed by atoms with Gasteiger partial charge in [0.2, 0.25) is 0 Å². The van der Waals surface area contributed by atoms with Crippen molar-refractivity contribution in [1.82, 2.24) is 4.90 Å². The molecule has 3 heteroatoms. The van der Waals surface area contributed by atoms with Gasteiger partial charge in [-0.3, -0.25) is 4.90 Å². The SMILES string of the molecule is CCC1CCN(C(c2ccccc2OC)C(C)N)C1. The third-order valence-electron chi connectivity index (χ3n) is 4.24. The van der Waals surface area contributed by atoms with E-state index in [0.717, 1.165) is 24.8 Å². The van der Waals surface area contributed by atoms with Crippen molar-refractivity contribution in [3.05, 3.63) is 29.8 Å². The molecule has 2 N–H and O–H groups in total. The average molecular weight is 262 g/mol. The number of methoxy groups -OCH3 is 1. The Hall–Kier alpha value is -1.06. The van der Waals surface area contributed by atoms with Gasteiger partial charge >= 0.3 is 0 Å². The first kappa shape index (κ1) is 14.4. The van der Waals surface area contributed by atoms with Crippen LogP contribution in [0.2, 0.25) is 0 Å². The lowest BCUT2D eigenvalue weighted by molar-refractivity contribution is 0.206. The Morgan fingerprint density at radius 1 is 1.42 bits per heavy atom. The fourth-order valence-electron chi connectivity index (χ4n) is 3.17. The van der Waals surface area contributed by atoms with E-state index in [9.17, 15) is 0 Å². The van der Waals surface area contributed by atoms with Crippen molar-refractivity contribution in [2.24, 2.45) is 11.7 Å². The van der Waals surface area contributed by atoms with Gasteiger partial charge in [0.15, 0.2) is 0 Å². The predicted molar refractivity (Wildman–Crippen MR) is 79.4 cm³/mol. The molecule has 0 aromatic heterocycles. The molecule has 3 atom stereocenters. The molecule has 2 rings (SSSR count). The maximum absolute atomic E-state index is 6.26. The van der Waals surface area contributed by atoms with Crippen molar-refractivity contribution in [2.75, 3.05) is 20.2 Å². The molecule has 1 aliphatic heterocycles. The van der Waals surface area contributed by atoms with E-state index in [4.69, 9.17) is 10.5 Å². The summed E-state index contributed by atoms with van der Waals surface area (Å²) in [5, 5.41) is 0. The number of nitrogens with zero attached hydrogens (tertiary/aromatic N) is 1. The minimum Gasteiger partial charge on any atom is -0.496 e. The summed E-state index contributed by atoms with van der Waals surface area (Å²) in [7, 11) is 1.73. The first-order valence-corrected chi connectivity index (χ1v) is 7.29. The smallest absolute Gasteiger partial charge is 0.123 e. The monoisotopic (exact) mass is 262 g/mol. The Morgan fingerprint density at radius 2 is 2.16 bits per heavy atom. The highest BCUT2D eigenvalue weighted by Gasteiger charge is 2.31. The van der Waals surface area contributed by atoms with Crippen LogP contribution in [0.25, 0.3) is 0 Å². The molecule has 0 saturated carbocycles. The summed E-state index contributed by atoms with van der Waals surface area (Å²) in [4.78, 5) is 2.52. The lowest BCUT2D eigenvalue weighted by atomic mass is 9.98. The second kappa shape index (κ2) is 6.40. The van der Waals surface area contributed by atoms with Gasteiger partial charge in [0.1, 0.15) is 5.75 Å². The molecule has 1 fully saturated rings. The third-order valence-corrected chi connectivity index (χ3v) is 4.24. The molecule has 0 amide bonds. The zero-order valence-electron chi connectivity index (χ0n) is 12.3. The highest BCUT2D eigenvalue weighted by molar-refractivity contribution is 5.36. The molecule has 1 saturated heterocycles. The van der Waals surface area contributed by atoms with Gasteiger partial charge in [0, 0.05) is 18.2 Å². The molecule has 1 aliphatic rings. The fourth-order valence-corrected chi connectivity index (χ4v) is 3.17. The van der Waals surface area contributed by atoms with Crippen LogP contribution < -0.4 is 10.5 Å². The molecular formula is C16H26N2O. The lowest BCUT2D eigenvalue weighted by Gasteiger charge is -2.32. The number of likely N-dealkylation sites (tertiary alicyclic amines) is 1. The van der Waals surface area contributed by atoms with Crippen molar-refractivity contribution < 1.29 is 4.74 Å². The Labute approximate surface area is 116 Å². The Balaban J connectivity index is 2.25. The molecule has 1 heterocycles. The molecule has 3 unspecified atom stereocenters. The van der Waals surface area contributed by atoms with E-state index in [1.165, 1.54) is 18.4 Å². The van der Waals surface area contributed by atoms with Crippen molar-refractivity contribution in [1.29, 1.82) is 0 Å². The molecule has 1 aromatic rings. The van der Waals surface area contributed by atoms with Gasteiger partial charge in [-0.2, -0.15) is 0 Å². The van der Waals surface area contributed by atoms with Crippen LogP contribution in [-0.2, 0) is 0 Å². The quantitative estimate of drug-likeness (QED) is 0.887. The van der Waals surface area contributed by atoms with Crippen molar-refractivity contribution in [3.63, 3.8) is 0 Å². The Morgan fingerprint density at radius 3 is 2.74 bits per heavy atom. The maximum atomic E-state index is 6.26. The first-order chi connectivity index (χ1) is 9.17. The summed E-state index contributed by atoms with van der Waals surface area (Å²) in [6.45, 7) is 6.66. The molecule has 1 aromatic carbocycles. The summed E-state index contributed by atoms with van der Waals surface area (Å²) in [6, 6.07) is 8.61. The molecular weight excluding hydrogens is 236 g/mol. The third kappa shape index (κ3) is 3.10. The summed E-state index contributed by atoms with van der Waals surface area (Å²) in [6.07, 6.45) is 2.54. The van der Waals surface area contributed by atoms with Crippen LogP contribution in [0.3, 0.4) is 0 Å². The fraction of sp³-hybridized carbons (Fsp3) is 0.625. The van der Waals surface area contributed by atoms with Gasteiger partial charge < -0.3 is 10.5 Å². The number of nitrogens with two attached hydrogens (primary N) is 1. The zero-order chi connectivity index (χ0) is 13.8. The van der Waals surface area contributed by atoms with Gasteiger partial charge in [-0.05, 0) is 31.9 Å². The normalized spacial score (nSPS) is 23.3. The molecule has 0 aliphatic carbocycles. The van der Waals surface area contributed by atoms with Crippen LogP contribution in [0.15, 0.2) is 24.3 Å². The second-order valence-corrected chi connectivity index (χ2v) is 5.60. The number of rotatable bonds is 5. The lowest BCUT2D eigenvalue weighted by Crippen LogP contribution is -2.38. The molecule has 0 radical (unpaired) electrons. The van der Waals surface area contributed by atoms with Crippen LogP contribution in [-0.4, -0.2) is 31.1 Å². The molecule has 19 heavy (non-hydrogen) atoms. The summed E-state index contributed by atoms with van der Waals surface area (Å²) >= 11 is 0. The first-order valence-electron chi connectivity index (χ1n) is 7.29. The number of ether oxygens (including phenoxy) is 1. The van der Waals surface area contributed by atoms with Gasteiger partial charge in [-0.15, -0.1) is 0 Å². The van der Waals surface area contributed by atoms with E-state index in [0.29, 0.717) is 0 Å². The summed E-state index contributed by atoms with van der Waals surface area (Å²) < 4.78 is 5.51. The molecule has 0 spiro atoms. The van der Waals surface area contributed by atoms with Gasteiger partial charge in [-0.25, -0.2) is 0 Å². The highest BCUT2D eigenvalue weighted by atomic mass is 16.5. The minimum atomic E-state index is 0.104. The number of hydrogen-bond donors (Lipinski definition) is 1. The maximum Gasteiger partial charge on any atom is 0.123 e. The van der Waals surface area contributed by atoms with Gasteiger partial charge in [0.05, 0.1) is 13.2 Å². The number of para-hydroxylation sites is 1. The van der Waals surface area contributed by atoms with Crippen LogP contribution in [0.1, 0.15) is 38.3 Å². The second-order valence-electron chi connectivity index (χ2n) is 5.60. The van der Waals surface area contributed by atoms with E-state index in [2.05, 4.69) is 30.9 Å². The molecule has 3 nitrogen and oxygen atoms in total. The summed E-state index contributed by atoms with van der Waals surface area (Å²) in [5.74, 6) is 1.76. The average Bonchev–Trinajstić information content (AvgIpc) is 2.87. The van der Waals surface area contributed by atoms with E-state index >= 15 is 0 Å². The van der Waals surface area contributed by atoms with E-state index < -0.39 is 0 Å². The van der Waals surface area contributed by atoms with E-state index in [1.807, 2.05) is 12.1 Å². The Kier molecular flexibility index (Phi) is 4.83. The van der Waals surface area contributed by atoms with Crippen LogP contribution >= 0.6 is 0 Å². The topological polar surface area (TPSA) is 38.5 Å². The highest BCUT2D eigenvalue weighted by Crippen LogP contribution is 2.35. The Bertz CT molecular complexity index is 405. The molecule has 0 bridgehead atoms. The minimum absolute atomic E-state index is 0.104. The van der Waals surface area contributed by atoms with Crippen molar-refractivity contribution in [3.8, 4) is 5.75 Å². The van der Waals surface area contributed by atoms with E-state index in [1.54, 1.807) is 7.11 Å². The molecule has 106 valence electrons. The zero-order valence-corrected chi connectivity index (χ0v) is 12.3. The van der Waals surface area contributed by atoms with Crippen molar-refractivity contribution in [2.45, 2.75) is 38.8 Å². The van der Waals surface area contributed by atoms with Crippen molar-refractivity contribution >= 4 is 0 Å². The number of benzene rings is 1. The van der Waals surface area contributed by atoms with Gasteiger partial charge in [0.25, 0.3) is 0 Å².